The summed E-state index contributed by atoms with van der Waals surface area (Å²) in [6.45, 7) is 4.44. The second-order valence-corrected chi connectivity index (χ2v) is 7.19. The van der Waals surface area contributed by atoms with Crippen molar-refractivity contribution in [3.05, 3.63) is 57.0 Å². The second kappa shape index (κ2) is 8.03. The van der Waals surface area contributed by atoms with Crippen molar-refractivity contribution < 1.29 is 22.0 Å². The molecule has 1 aromatic carbocycles. The van der Waals surface area contributed by atoms with Gasteiger partial charge in [0.1, 0.15) is 5.84 Å². The van der Waals surface area contributed by atoms with Gasteiger partial charge in [-0.2, -0.15) is 0 Å². The van der Waals surface area contributed by atoms with E-state index in [1.165, 1.54) is 11.2 Å². The lowest BCUT2D eigenvalue weighted by Crippen LogP contribution is -2.36. The van der Waals surface area contributed by atoms with Crippen LogP contribution in [0.2, 0.25) is 0 Å². The Labute approximate surface area is 163 Å². The van der Waals surface area contributed by atoms with Gasteiger partial charge in [-0.05, 0) is 25.8 Å². The van der Waals surface area contributed by atoms with Gasteiger partial charge in [0.25, 0.3) is 0 Å². The van der Waals surface area contributed by atoms with E-state index in [1.807, 2.05) is 13.8 Å². The van der Waals surface area contributed by atoms with E-state index in [1.54, 1.807) is 6.08 Å². The standard InChI is InChI=1S/C19H17ClF5N3/c1-9-6-10(2)18(11(20)7-9)27-19(28-5-3-4-26-8-28)12-13(21)15(23)17(25)16(24)14(12)22/h7-8,10H,3-6H2,1-2H3. The monoisotopic (exact) mass is 417 g/mol. The average Bonchev–Trinajstić information content (AvgIpc) is 2.66. The van der Waals surface area contributed by atoms with E-state index < -0.39 is 40.5 Å². The van der Waals surface area contributed by atoms with Crippen molar-refractivity contribution in [3.8, 4) is 0 Å². The molecule has 0 saturated heterocycles. The summed E-state index contributed by atoms with van der Waals surface area (Å²) in [7, 11) is 0. The zero-order chi connectivity index (χ0) is 20.6. The summed E-state index contributed by atoms with van der Waals surface area (Å²) in [6.07, 6.45) is 4.09. The van der Waals surface area contributed by atoms with Gasteiger partial charge in [-0.3, -0.25) is 4.99 Å². The summed E-state index contributed by atoms with van der Waals surface area (Å²) in [5.74, 6) is -10.8. The highest BCUT2D eigenvalue weighted by molar-refractivity contribution is 6.31. The van der Waals surface area contributed by atoms with E-state index in [0.717, 1.165) is 5.57 Å². The average molecular weight is 418 g/mol. The molecule has 28 heavy (non-hydrogen) atoms. The fraction of sp³-hybridized carbons (Fsp3) is 0.368. The summed E-state index contributed by atoms with van der Waals surface area (Å²) in [5, 5.41) is 0.256. The van der Waals surface area contributed by atoms with E-state index in [4.69, 9.17) is 11.6 Å². The number of benzene rings is 1. The summed E-state index contributed by atoms with van der Waals surface area (Å²) in [5.41, 5.74) is 0.208. The first-order chi connectivity index (χ1) is 13.2. The molecule has 0 N–H and O–H groups in total. The number of aliphatic imine (C=N–C) groups is 2. The van der Waals surface area contributed by atoms with Crippen molar-refractivity contribution in [1.29, 1.82) is 0 Å². The lowest BCUT2D eigenvalue weighted by molar-refractivity contribution is 0.375. The maximum absolute atomic E-state index is 14.5. The zero-order valence-electron chi connectivity index (χ0n) is 15.2. The Bertz CT molecular complexity index is 907. The van der Waals surface area contributed by atoms with Gasteiger partial charge in [0.05, 0.1) is 22.6 Å². The predicted molar refractivity (Wildman–Crippen MR) is 97.9 cm³/mol. The number of allylic oxidation sites excluding steroid dienone is 4. The lowest BCUT2D eigenvalue weighted by atomic mass is 9.93. The second-order valence-electron chi connectivity index (χ2n) is 6.78. The molecule has 0 spiro atoms. The molecule has 1 heterocycles. The normalized spacial score (nSPS) is 20.7. The summed E-state index contributed by atoms with van der Waals surface area (Å²) < 4.78 is 70.0. The number of hydrogen-bond acceptors (Lipinski definition) is 2. The van der Waals surface area contributed by atoms with Crippen LogP contribution in [0.3, 0.4) is 0 Å². The van der Waals surface area contributed by atoms with Gasteiger partial charge in [0.2, 0.25) is 5.82 Å². The van der Waals surface area contributed by atoms with Crippen LogP contribution in [0.5, 0.6) is 0 Å². The molecule has 0 radical (unpaired) electrons. The highest BCUT2D eigenvalue weighted by Gasteiger charge is 2.32. The van der Waals surface area contributed by atoms with E-state index in [2.05, 4.69) is 9.98 Å². The summed E-state index contributed by atoms with van der Waals surface area (Å²) in [6, 6.07) is 0. The van der Waals surface area contributed by atoms with Gasteiger partial charge in [-0.15, -0.1) is 0 Å². The number of halogens is 6. The van der Waals surface area contributed by atoms with Crippen molar-refractivity contribution in [2.75, 3.05) is 13.1 Å². The molecule has 150 valence electrons. The van der Waals surface area contributed by atoms with Crippen LogP contribution < -0.4 is 0 Å². The minimum absolute atomic E-state index is 0.199. The van der Waals surface area contributed by atoms with Crippen LogP contribution in [-0.2, 0) is 0 Å². The molecule has 3 rings (SSSR count). The first-order valence-corrected chi connectivity index (χ1v) is 9.04. The Kier molecular flexibility index (Phi) is 5.88. The Hall–Kier alpha value is -2.22. The van der Waals surface area contributed by atoms with Crippen LogP contribution in [0.25, 0.3) is 0 Å². The fourth-order valence-electron chi connectivity index (χ4n) is 3.21. The molecule has 0 saturated carbocycles. The molecule has 0 amide bonds. The molecule has 1 unspecified atom stereocenters. The SMILES string of the molecule is CC1=CC(Cl)=C(N=C(c2c(F)c(F)c(F)c(F)c2F)N2C=NCCC2)C(C)C1. The number of amidine groups is 1. The molecule has 0 bridgehead atoms. The first-order valence-electron chi connectivity index (χ1n) is 8.66. The third kappa shape index (κ3) is 3.70. The molecule has 1 aliphatic carbocycles. The quantitative estimate of drug-likeness (QED) is 0.211. The van der Waals surface area contributed by atoms with Gasteiger partial charge in [0, 0.05) is 19.0 Å². The highest BCUT2D eigenvalue weighted by Crippen LogP contribution is 2.33. The number of rotatable bonds is 2. The maximum atomic E-state index is 14.5. The van der Waals surface area contributed by atoms with Crippen LogP contribution in [0, 0.1) is 35.0 Å². The van der Waals surface area contributed by atoms with Gasteiger partial charge in [-0.25, -0.2) is 26.9 Å². The van der Waals surface area contributed by atoms with Crippen LogP contribution in [0.4, 0.5) is 22.0 Å². The highest BCUT2D eigenvalue weighted by atomic mass is 35.5. The molecule has 1 atom stereocenters. The molecule has 3 nitrogen and oxygen atoms in total. The van der Waals surface area contributed by atoms with Gasteiger partial charge in [0.15, 0.2) is 23.3 Å². The predicted octanol–water partition coefficient (Wildman–Crippen LogP) is 5.30. The van der Waals surface area contributed by atoms with Crippen molar-refractivity contribution in [3.63, 3.8) is 0 Å². The number of hydrogen-bond donors (Lipinski definition) is 0. The lowest BCUT2D eigenvalue weighted by Gasteiger charge is -2.27. The van der Waals surface area contributed by atoms with Crippen LogP contribution in [0.15, 0.2) is 32.4 Å². The van der Waals surface area contributed by atoms with Crippen molar-refractivity contribution >= 4 is 23.8 Å². The third-order valence-corrected chi connectivity index (χ3v) is 4.85. The zero-order valence-corrected chi connectivity index (χ0v) is 15.9. The van der Waals surface area contributed by atoms with E-state index >= 15 is 0 Å². The van der Waals surface area contributed by atoms with Crippen LogP contribution >= 0.6 is 11.6 Å². The Morgan fingerprint density at radius 2 is 1.71 bits per heavy atom. The number of nitrogens with zero attached hydrogens (tertiary/aromatic N) is 3. The van der Waals surface area contributed by atoms with Gasteiger partial charge < -0.3 is 4.90 Å². The molecule has 2 aliphatic rings. The van der Waals surface area contributed by atoms with Crippen molar-refractivity contribution in [1.82, 2.24) is 4.90 Å². The molecule has 1 aromatic rings. The van der Waals surface area contributed by atoms with E-state index in [-0.39, 0.29) is 17.5 Å². The summed E-state index contributed by atoms with van der Waals surface area (Å²) in [4.78, 5) is 9.58. The maximum Gasteiger partial charge on any atom is 0.200 e. The van der Waals surface area contributed by atoms with Gasteiger partial charge in [-0.1, -0.05) is 24.1 Å². The third-order valence-electron chi connectivity index (χ3n) is 4.55. The molecular formula is C19H17ClF5N3. The van der Waals surface area contributed by atoms with Gasteiger partial charge >= 0.3 is 0 Å². The molecule has 9 heteroatoms. The molecule has 0 aromatic heterocycles. The molecular weight excluding hydrogens is 401 g/mol. The molecule has 1 aliphatic heterocycles. The fourth-order valence-corrected chi connectivity index (χ4v) is 3.63. The minimum atomic E-state index is -2.22. The van der Waals surface area contributed by atoms with E-state index in [0.29, 0.717) is 25.1 Å². The first kappa shape index (κ1) is 20.5. The Morgan fingerprint density at radius 3 is 2.25 bits per heavy atom. The van der Waals surface area contributed by atoms with E-state index in [9.17, 15) is 22.0 Å². The minimum Gasteiger partial charge on any atom is -0.317 e. The van der Waals surface area contributed by atoms with Crippen molar-refractivity contribution in [2.45, 2.75) is 26.7 Å². The Morgan fingerprint density at radius 1 is 1.11 bits per heavy atom. The van der Waals surface area contributed by atoms with Crippen LogP contribution in [0.1, 0.15) is 32.3 Å². The molecule has 0 fully saturated rings. The smallest absolute Gasteiger partial charge is 0.200 e. The van der Waals surface area contributed by atoms with Crippen molar-refractivity contribution in [2.24, 2.45) is 15.9 Å². The Balaban J connectivity index is 2.28. The summed E-state index contributed by atoms with van der Waals surface area (Å²) >= 11 is 6.26. The van der Waals surface area contributed by atoms with Crippen LogP contribution in [-0.4, -0.2) is 30.2 Å². The topological polar surface area (TPSA) is 28.0 Å². The largest absolute Gasteiger partial charge is 0.317 e.